The lowest BCUT2D eigenvalue weighted by Crippen LogP contribution is -2.24. The first-order valence-corrected chi connectivity index (χ1v) is 8.03. The maximum atomic E-state index is 11.0. The van der Waals surface area contributed by atoms with Crippen LogP contribution in [0.3, 0.4) is 0 Å². The number of rotatable bonds is 5. The molecule has 0 spiro atoms. The van der Waals surface area contributed by atoms with E-state index in [1.807, 2.05) is 30.1 Å². The zero-order valence-corrected chi connectivity index (χ0v) is 12.4. The fourth-order valence-corrected chi connectivity index (χ4v) is 2.29. The SMILES string of the molecule is CN(CCS(C)(=O)=O)Cc1ccc(Br)c(N)c1. The second kappa shape index (κ2) is 5.84. The zero-order valence-electron chi connectivity index (χ0n) is 9.98. The minimum Gasteiger partial charge on any atom is -0.398 e. The van der Waals surface area contributed by atoms with Gasteiger partial charge in [0.25, 0.3) is 0 Å². The third-order valence-electron chi connectivity index (χ3n) is 2.36. The number of halogens is 1. The van der Waals surface area contributed by atoms with Gasteiger partial charge in [-0.25, -0.2) is 8.42 Å². The Hall–Kier alpha value is -0.590. The number of nitrogens with zero attached hydrogens (tertiary/aromatic N) is 1. The standard InChI is InChI=1S/C11H17BrN2O2S/c1-14(5-6-17(2,15)16)8-9-3-4-10(12)11(13)7-9/h3-4,7H,5-6,8,13H2,1-2H3. The largest absolute Gasteiger partial charge is 0.398 e. The van der Waals surface area contributed by atoms with Crippen LogP contribution in [0.4, 0.5) is 5.69 Å². The van der Waals surface area contributed by atoms with Gasteiger partial charge in [-0.05, 0) is 40.7 Å². The van der Waals surface area contributed by atoms with E-state index in [9.17, 15) is 8.42 Å². The third kappa shape index (κ3) is 5.52. The van der Waals surface area contributed by atoms with Crippen molar-refractivity contribution in [3.05, 3.63) is 28.2 Å². The molecule has 6 heteroatoms. The Labute approximate surface area is 111 Å². The summed E-state index contributed by atoms with van der Waals surface area (Å²) >= 11 is 3.33. The summed E-state index contributed by atoms with van der Waals surface area (Å²) in [5.41, 5.74) is 7.54. The molecule has 96 valence electrons. The molecule has 0 bridgehead atoms. The van der Waals surface area contributed by atoms with E-state index in [0.717, 1.165) is 10.0 Å². The predicted molar refractivity (Wildman–Crippen MR) is 74.6 cm³/mol. The second-order valence-electron chi connectivity index (χ2n) is 4.22. The van der Waals surface area contributed by atoms with Gasteiger partial charge in [0.2, 0.25) is 0 Å². The maximum absolute atomic E-state index is 11.0. The van der Waals surface area contributed by atoms with E-state index < -0.39 is 9.84 Å². The molecular weight excluding hydrogens is 304 g/mol. The Kier molecular flexibility index (Phi) is 4.97. The van der Waals surface area contributed by atoms with Crippen LogP contribution in [-0.4, -0.2) is 38.9 Å². The van der Waals surface area contributed by atoms with E-state index >= 15 is 0 Å². The lowest BCUT2D eigenvalue weighted by atomic mass is 10.2. The van der Waals surface area contributed by atoms with Gasteiger partial charge in [0.1, 0.15) is 9.84 Å². The molecular formula is C11H17BrN2O2S. The summed E-state index contributed by atoms with van der Waals surface area (Å²) in [7, 11) is -1.01. The normalized spacial score (nSPS) is 12.0. The summed E-state index contributed by atoms with van der Waals surface area (Å²) in [4.78, 5) is 1.96. The molecule has 0 aliphatic rings. The minimum absolute atomic E-state index is 0.176. The molecule has 1 aromatic rings. The van der Waals surface area contributed by atoms with Crippen LogP contribution in [0.2, 0.25) is 0 Å². The van der Waals surface area contributed by atoms with E-state index in [4.69, 9.17) is 5.73 Å². The number of nitrogen functional groups attached to an aromatic ring is 1. The van der Waals surface area contributed by atoms with Crippen LogP contribution in [0, 0.1) is 0 Å². The average molecular weight is 321 g/mol. The Morgan fingerprint density at radius 1 is 1.41 bits per heavy atom. The third-order valence-corrected chi connectivity index (χ3v) is 4.00. The van der Waals surface area contributed by atoms with Crippen molar-refractivity contribution in [1.29, 1.82) is 0 Å². The van der Waals surface area contributed by atoms with E-state index in [2.05, 4.69) is 15.9 Å². The van der Waals surface area contributed by atoms with Crippen LogP contribution >= 0.6 is 15.9 Å². The average Bonchev–Trinajstić information content (AvgIpc) is 2.20. The van der Waals surface area contributed by atoms with E-state index in [1.54, 1.807) is 0 Å². The number of hydrogen-bond acceptors (Lipinski definition) is 4. The molecule has 0 saturated carbocycles. The van der Waals surface area contributed by atoms with Crippen molar-refractivity contribution in [2.75, 3.05) is 31.3 Å². The van der Waals surface area contributed by atoms with Gasteiger partial charge < -0.3 is 10.6 Å². The lowest BCUT2D eigenvalue weighted by molar-refractivity contribution is 0.346. The minimum atomic E-state index is -2.90. The van der Waals surface area contributed by atoms with Gasteiger partial charge in [-0.3, -0.25) is 0 Å². The van der Waals surface area contributed by atoms with Gasteiger partial charge in [-0.15, -0.1) is 0 Å². The number of hydrogen-bond donors (Lipinski definition) is 1. The molecule has 0 atom stereocenters. The molecule has 0 radical (unpaired) electrons. The van der Waals surface area contributed by atoms with Crippen LogP contribution in [0.15, 0.2) is 22.7 Å². The van der Waals surface area contributed by atoms with Crippen LogP contribution in [-0.2, 0) is 16.4 Å². The maximum Gasteiger partial charge on any atom is 0.148 e. The first kappa shape index (κ1) is 14.5. The molecule has 0 heterocycles. The molecule has 2 N–H and O–H groups in total. The quantitative estimate of drug-likeness (QED) is 0.835. The molecule has 0 saturated heterocycles. The lowest BCUT2D eigenvalue weighted by Gasteiger charge is -2.16. The van der Waals surface area contributed by atoms with Gasteiger partial charge in [-0.2, -0.15) is 0 Å². The summed E-state index contributed by atoms with van der Waals surface area (Å²) in [5, 5.41) is 0. The molecule has 0 fully saturated rings. The van der Waals surface area contributed by atoms with Crippen LogP contribution in [0.5, 0.6) is 0 Å². The van der Waals surface area contributed by atoms with Crippen LogP contribution in [0.25, 0.3) is 0 Å². The number of nitrogens with two attached hydrogens (primary N) is 1. The highest BCUT2D eigenvalue weighted by Crippen LogP contribution is 2.20. The van der Waals surface area contributed by atoms with Crippen molar-refractivity contribution in [2.24, 2.45) is 0 Å². The van der Waals surface area contributed by atoms with E-state index in [0.29, 0.717) is 18.8 Å². The van der Waals surface area contributed by atoms with Crippen molar-refractivity contribution in [3.63, 3.8) is 0 Å². The molecule has 17 heavy (non-hydrogen) atoms. The molecule has 0 aromatic heterocycles. The molecule has 0 amide bonds. The highest BCUT2D eigenvalue weighted by Gasteiger charge is 2.06. The smallest absolute Gasteiger partial charge is 0.148 e. The zero-order chi connectivity index (χ0) is 13.1. The Bertz CT molecular complexity index is 488. The molecule has 1 aromatic carbocycles. The van der Waals surface area contributed by atoms with Gasteiger partial charge in [0.05, 0.1) is 5.75 Å². The van der Waals surface area contributed by atoms with Crippen LogP contribution < -0.4 is 5.73 Å². The van der Waals surface area contributed by atoms with Gasteiger partial charge in [0.15, 0.2) is 0 Å². The summed E-state index contributed by atoms with van der Waals surface area (Å²) < 4.78 is 22.9. The molecule has 0 aliphatic heterocycles. The molecule has 0 aliphatic carbocycles. The topological polar surface area (TPSA) is 63.4 Å². The highest BCUT2D eigenvalue weighted by atomic mass is 79.9. The Morgan fingerprint density at radius 2 is 2.06 bits per heavy atom. The number of anilines is 1. The van der Waals surface area contributed by atoms with Crippen molar-refractivity contribution in [1.82, 2.24) is 4.90 Å². The van der Waals surface area contributed by atoms with Gasteiger partial charge >= 0.3 is 0 Å². The number of benzene rings is 1. The summed E-state index contributed by atoms with van der Waals surface area (Å²) in [6.45, 7) is 1.21. The summed E-state index contributed by atoms with van der Waals surface area (Å²) in [6, 6.07) is 5.76. The highest BCUT2D eigenvalue weighted by molar-refractivity contribution is 9.10. The van der Waals surface area contributed by atoms with Crippen molar-refractivity contribution >= 4 is 31.5 Å². The fraction of sp³-hybridized carbons (Fsp3) is 0.455. The number of sulfone groups is 1. The Balaban J connectivity index is 2.56. The first-order valence-electron chi connectivity index (χ1n) is 5.18. The summed E-state index contributed by atoms with van der Waals surface area (Å²) in [5.74, 6) is 0.176. The monoisotopic (exact) mass is 320 g/mol. The van der Waals surface area contributed by atoms with Crippen molar-refractivity contribution in [3.8, 4) is 0 Å². The second-order valence-corrected chi connectivity index (χ2v) is 7.34. The van der Waals surface area contributed by atoms with Gasteiger partial charge in [-0.1, -0.05) is 6.07 Å². The molecule has 4 nitrogen and oxygen atoms in total. The Morgan fingerprint density at radius 3 is 2.59 bits per heavy atom. The van der Waals surface area contributed by atoms with Crippen molar-refractivity contribution in [2.45, 2.75) is 6.54 Å². The van der Waals surface area contributed by atoms with Gasteiger partial charge in [0, 0.05) is 29.5 Å². The molecule has 0 unspecified atom stereocenters. The first-order chi connectivity index (χ1) is 7.78. The van der Waals surface area contributed by atoms with Crippen molar-refractivity contribution < 1.29 is 8.42 Å². The van der Waals surface area contributed by atoms with E-state index in [-0.39, 0.29) is 5.75 Å². The van der Waals surface area contributed by atoms with E-state index in [1.165, 1.54) is 6.26 Å². The fourth-order valence-electron chi connectivity index (χ4n) is 1.40. The van der Waals surface area contributed by atoms with Crippen LogP contribution in [0.1, 0.15) is 5.56 Å². The molecule has 1 rings (SSSR count). The predicted octanol–water partition coefficient (Wildman–Crippen LogP) is 1.51. The summed E-state index contributed by atoms with van der Waals surface area (Å²) in [6.07, 6.45) is 1.25.